The van der Waals surface area contributed by atoms with E-state index in [1.807, 2.05) is 22.7 Å². The molecule has 1 nitrogen and oxygen atoms in total. The summed E-state index contributed by atoms with van der Waals surface area (Å²) in [7, 11) is 0. The molecule has 1 aliphatic rings. The fourth-order valence-electron chi connectivity index (χ4n) is 8.76. The van der Waals surface area contributed by atoms with Crippen LogP contribution in [0.4, 0.5) is 17.1 Å². The Morgan fingerprint density at radius 2 is 0.944 bits per heavy atom. The minimum Gasteiger partial charge on any atom is -0.310 e. The second-order valence-corrected chi connectivity index (χ2v) is 17.1. The van der Waals surface area contributed by atoms with Crippen molar-refractivity contribution in [2.75, 3.05) is 4.90 Å². The van der Waals surface area contributed by atoms with Crippen LogP contribution in [0, 0.1) is 0 Å². The van der Waals surface area contributed by atoms with Crippen LogP contribution in [-0.4, -0.2) is 0 Å². The van der Waals surface area contributed by atoms with E-state index in [-0.39, 0.29) is 5.41 Å². The molecule has 0 spiro atoms. The molecule has 2 aromatic heterocycles. The van der Waals surface area contributed by atoms with Gasteiger partial charge in [0, 0.05) is 62.7 Å². The Kier molecular flexibility index (Phi) is 7.01. The lowest BCUT2D eigenvalue weighted by atomic mass is 9.82. The predicted octanol–water partition coefficient (Wildman–Crippen LogP) is 15.5. The number of hydrogen-bond donors (Lipinski definition) is 0. The van der Waals surface area contributed by atoms with Crippen LogP contribution < -0.4 is 4.90 Å². The van der Waals surface area contributed by atoms with Crippen LogP contribution in [0.5, 0.6) is 0 Å². The molecule has 10 aromatic rings. The monoisotopic (exact) mass is 725 g/mol. The van der Waals surface area contributed by atoms with Gasteiger partial charge >= 0.3 is 0 Å². The van der Waals surface area contributed by atoms with Gasteiger partial charge in [0.15, 0.2) is 0 Å². The summed E-state index contributed by atoms with van der Waals surface area (Å²) >= 11 is 3.75. The molecule has 0 saturated carbocycles. The first-order valence-electron chi connectivity index (χ1n) is 18.6. The molecule has 0 bridgehead atoms. The zero-order valence-electron chi connectivity index (χ0n) is 30.0. The summed E-state index contributed by atoms with van der Waals surface area (Å²) in [5.41, 5.74) is 13.6. The maximum atomic E-state index is 2.50. The van der Waals surface area contributed by atoms with Gasteiger partial charge in [-0.15, -0.1) is 22.7 Å². The van der Waals surface area contributed by atoms with E-state index in [1.54, 1.807) is 0 Å². The Morgan fingerprint density at radius 1 is 0.370 bits per heavy atom. The van der Waals surface area contributed by atoms with Gasteiger partial charge in [-0.05, 0) is 99.6 Å². The number of anilines is 3. The number of nitrogens with zero attached hydrogens (tertiary/aromatic N) is 1. The average Bonchev–Trinajstić information content (AvgIpc) is 3.85. The highest BCUT2D eigenvalue weighted by molar-refractivity contribution is 7.26. The van der Waals surface area contributed by atoms with Crippen LogP contribution in [0.25, 0.3) is 73.7 Å². The lowest BCUT2D eigenvalue weighted by molar-refractivity contribution is 0.660. The van der Waals surface area contributed by atoms with Crippen LogP contribution in [0.3, 0.4) is 0 Å². The van der Waals surface area contributed by atoms with Gasteiger partial charge in [-0.1, -0.05) is 129 Å². The molecule has 256 valence electrons. The van der Waals surface area contributed by atoms with Gasteiger partial charge in [0.1, 0.15) is 0 Å². The largest absolute Gasteiger partial charge is 0.310 e. The van der Waals surface area contributed by atoms with Crippen molar-refractivity contribution >= 4 is 80.1 Å². The van der Waals surface area contributed by atoms with E-state index >= 15 is 0 Å². The number of hydrogen-bond acceptors (Lipinski definition) is 3. The normalized spacial score (nSPS) is 13.1. The van der Waals surface area contributed by atoms with Gasteiger partial charge in [-0.3, -0.25) is 0 Å². The Bertz CT molecular complexity index is 3070. The first-order chi connectivity index (χ1) is 26.5. The maximum Gasteiger partial charge on any atom is 0.0554 e. The molecule has 1 aliphatic carbocycles. The van der Waals surface area contributed by atoms with E-state index in [4.69, 9.17) is 0 Å². The SMILES string of the molecule is CC1(C)c2ccccc2-c2ccc(N(c3ccc(-c4ccccc4)cc3)c3cc4sc5ccccc5c4cc3-c3ccc4sc5ccccc5c4c3)cc21. The second-order valence-electron chi connectivity index (χ2n) is 14.9. The fraction of sp³-hybridized carbons (Fsp3) is 0.0588. The van der Waals surface area contributed by atoms with Crippen LogP contribution in [0.1, 0.15) is 25.0 Å². The number of fused-ring (bicyclic) bond motifs is 9. The van der Waals surface area contributed by atoms with E-state index in [9.17, 15) is 0 Å². The van der Waals surface area contributed by atoms with E-state index in [2.05, 4.69) is 195 Å². The first-order valence-corrected chi connectivity index (χ1v) is 20.2. The summed E-state index contributed by atoms with van der Waals surface area (Å²) in [5, 5.41) is 5.24. The van der Waals surface area contributed by atoms with Crippen LogP contribution in [0.15, 0.2) is 176 Å². The molecule has 0 fully saturated rings. The summed E-state index contributed by atoms with van der Waals surface area (Å²) in [5.74, 6) is 0. The molecule has 54 heavy (non-hydrogen) atoms. The summed E-state index contributed by atoms with van der Waals surface area (Å²) in [6.45, 7) is 4.74. The molecule has 0 amide bonds. The standard InChI is InChI=1S/C51H35NS2/c1-51(2)44-17-9-6-14-37(44)38-26-25-36(29-45(38)51)52(35-23-20-33(21-24-35)32-12-4-3-5-13-32)46-31-50-43(40-16-8-11-19-48(40)54-50)30-41(46)34-22-27-49-42(28-34)39-15-7-10-18-47(39)53-49/h3-31H,1-2H3. The Morgan fingerprint density at radius 3 is 1.72 bits per heavy atom. The molecule has 0 N–H and O–H groups in total. The predicted molar refractivity (Wildman–Crippen MR) is 235 cm³/mol. The molecule has 0 aliphatic heterocycles. The summed E-state index contributed by atoms with van der Waals surface area (Å²) in [6, 6.07) is 65.5. The summed E-state index contributed by atoms with van der Waals surface area (Å²) < 4.78 is 5.24. The van der Waals surface area contributed by atoms with Crippen LogP contribution in [-0.2, 0) is 5.41 Å². The van der Waals surface area contributed by atoms with E-state index in [1.165, 1.54) is 90.5 Å². The highest BCUT2D eigenvalue weighted by atomic mass is 32.1. The van der Waals surface area contributed by atoms with Crippen molar-refractivity contribution in [2.24, 2.45) is 0 Å². The highest BCUT2D eigenvalue weighted by Gasteiger charge is 2.36. The Balaban J connectivity index is 1.19. The van der Waals surface area contributed by atoms with Gasteiger partial charge in [0.25, 0.3) is 0 Å². The van der Waals surface area contributed by atoms with Gasteiger partial charge in [0.05, 0.1) is 5.69 Å². The lowest BCUT2D eigenvalue weighted by Crippen LogP contribution is -2.16. The maximum absolute atomic E-state index is 2.50. The molecule has 3 heteroatoms. The van der Waals surface area contributed by atoms with Crippen molar-refractivity contribution in [2.45, 2.75) is 19.3 Å². The molecular formula is C51H35NS2. The fourth-order valence-corrected chi connectivity index (χ4v) is 11.0. The number of thiophene rings is 2. The molecule has 0 radical (unpaired) electrons. The molecule has 11 rings (SSSR count). The quantitative estimate of drug-likeness (QED) is 0.171. The highest BCUT2D eigenvalue weighted by Crippen LogP contribution is 2.52. The number of rotatable bonds is 5. The topological polar surface area (TPSA) is 3.24 Å². The van der Waals surface area contributed by atoms with Crippen LogP contribution in [0.2, 0.25) is 0 Å². The smallest absolute Gasteiger partial charge is 0.0554 e. The zero-order chi connectivity index (χ0) is 36.0. The van der Waals surface area contributed by atoms with Crippen molar-refractivity contribution in [1.82, 2.24) is 0 Å². The molecule has 2 heterocycles. The van der Waals surface area contributed by atoms with Gasteiger partial charge < -0.3 is 4.90 Å². The van der Waals surface area contributed by atoms with Gasteiger partial charge in [-0.25, -0.2) is 0 Å². The molecule has 0 saturated heterocycles. The second kappa shape index (κ2) is 12.0. The van der Waals surface area contributed by atoms with E-state index in [0.717, 1.165) is 11.4 Å². The third kappa shape index (κ3) is 4.82. The van der Waals surface area contributed by atoms with Crippen molar-refractivity contribution in [3.05, 3.63) is 187 Å². The average molecular weight is 726 g/mol. The van der Waals surface area contributed by atoms with Crippen molar-refractivity contribution in [1.29, 1.82) is 0 Å². The summed E-state index contributed by atoms with van der Waals surface area (Å²) in [4.78, 5) is 2.50. The first kappa shape index (κ1) is 31.5. The minimum atomic E-state index is -0.117. The van der Waals surface area contributed by atoms with E-state index in [0.29, 0.717) is 0 Å². The lowest BCUT2D eigenvalue weighted by Gasteiger charge is -2.30. The molecule has 0 unspecified atom stereocenters. The molecule has 0 atom stereocenters. The van der Waals surface area contributed by atoms with Crippen molar-refractivity contribution in [3.8, 4) is 33.4 Å². The third-order valence-corrected chi connectivity index (χ3v) is 13.8. The zero-order valence-corrected chi connectivity index (χ0v) is 31.6. The Hall–Kier alpha value is -6.00. The molecule has 8 aromatic carbocycles. The summed E-state index contributed by atoms with van der Waals surface area (Å²) in [6.07, 6.45) is 0. The van der Waals surface area contributed by atoms with Crippen molar-refractivity contribution in [3.63, 3.8) is 0 Å². The Labute approximate surface area is 323 Å². The van der Waals surface area contributed by atoms with Crippen molar-refractivity contribution < 1.29 is 0 Å². The third-order valence-electron chi connectivity index (χ3n) is 11.5. The van der Waals surface area contributed by atoms with Gasteiger partial charge in [0.2, 0.25) is 0 Å². The van der Waals surface area contributed by atoms with Crippen LogP contribution >= 0.6 is 22.7 Å². The van der Waals surface area contributed by atoms with Gasteiger partial charge in [-0.2, -0.15) is 0 Å². The minimum absolute atomic E-state index is 0.117. The number of benzene rings is 8. The van der Waals surface area contributed by atoms with E-state index < -0.39 is 0 Å². The molecular weight excluding hydrogens is 691 g/mol.